The van der Waals surface area contributed by atoms with Gasteiger partial charge in [0.25, 0.3) is 0 Å². The third-order valence-electron chi connectivity index (χ3n) is 8.89. The third kappa shape index (κ3) is 9.85. The molecule has 0 spiro atoms. The number of carbonyl (C=O) groups excluding carboxylic acids is 2. The third-order valence-corrected chi connectivity index (χ3v) is 8.89. The molecular weight excluding hydrogens is 592 g/mol. The fourth-order valence-electron chi connectivity index (χ4n) is 6.07. The Kier molecular flexibility index (Phi) is 14.4. The Morgan fingerprint density at radius 3 is 2.24 bits per heavy atom. The molecule has 11 heteroatoms. The predicted octanol–water partition coefficient (Wildman–Crippen LogP) is 5.26. The molecule has 2 N–H and O–H groups in total. The number of nitrogens with zero attached hydrogens (tertiary/aromatic N) is 4. The lowest BCUT2D eigenvalue weighted by Gasteiger charge is -2.18. The first-order chi connectivity index (χ1) is 21.7. The van der Waals surface area contributed by atoms with E-state index < -0.39 is 23.6 Å². The average molecular weight is 642 g/mol. The van der Waals surface area contributed by atoms with Crippen LogP contribution in [0.5, 0.6) is 0 Å². The molecule has 2 aromatic carbocycles. The molecule has 3 unspecified atom stereocenters. The molecule has 9 nitrogen and oxygen atoms in total. The second kappa shape index (κ2) is 17.2. The molecule has 46 heavy (non-hydrogen) atoms. The number of nitrogens with one attached hydrogen (secondary N) is 1. The van der Waals surface area contributed by atoms with Crippen molar-refractivity contribution < 1.29 is 28.3 Å². The van der Waals surface area contributed by atoms with E-state index in [1.165, 1.54) is 26.2 Å². The number of carboxylic acids is 1. The van der Waals surface area contributed by atoms with Crippen LogP contribution in [0.1, 0.15) is 53.5 Å². The van der Waals surface area contributed by atoms with Crippen LogP contribution in [-0.2, 0) is 16.1 Å². The summed E-state index contributed by atoms with van der Waals surface area (Å²) in [5.41, 5.74) is 4.62. The number of piperidine rings is 1. The van der Waals surface area contributed by atoms with Crippen molar-refractivity contribution in [2.75, 3.05) is 47.8 Å². The van der Waals surface area contributed by atoms with Gasteiger partial charge in [0.1, 0.15) is 12.5 Å². The number of fused-ring (bicyclic) bond motifs is 1. The van der Waals surface area contributed by atoms with E-state index in [2.05, 4.69) is 41.0 Å². The zero-order valence-electron chi connectivity index (χ0n) is 28.3. The molecule has 1 saturated carbocycles. The molecule has 0 radical (unpaired) electrons. The minimum atomic E-state index is -1.08. The van der Waals surface area contributed by atoms with Gasteiger partial charge in [0.05, 0.1) is 18.9 Å². The number of imidazole rings is 1. The maximum atomic E-state index is 14.2. The van der Waals surface area contributed by atoms with Crippen LogP contribution in [0.4, 0.5) is 8.78 Å². The lowest BCUT2D eigenvalue weighted by Crippen LogP contribution is -2.21. The van der Waals surface area contributed by atoms with Crippen molar-refractivity contribution in [3.8, 4) is 11.1 Å². The summed E-state index contributed by atoms with van der Waals surface area (Å²) < 4.78 is 30.1. The summed E-state index contributed by atoms with van der Waals surface area (Å²) in [6.07, 6.45) is 3.74. The molecular formula is C35H49F2N5O4. The Bertz CT molecular complexity index is 1420. The van der Waals surface area contributed by atoms with E-state index in [4.69, 9.17) is 9.90 Å². The smallest absolute Gasteiger partial charge is 0.305 e. The summed E-state index contributed by atoms with van der Waals surface area (Å²) in [5.74, 6) is -1.02. The lowest BCUT2D eigenvalue weighted by molar-refractivity contribution is -0.137. The fraction of sp³-hybridized carbons (Fsp3) is 0.486. The van der Waals surface area contributed by atoms with E-state index in [1.54, 1.807) is 12.5 Å². The number of carbonyl (C=O) groups is 3. The highest BCUT2D eigenvalue weighted by Crippen LogP contribution is 2.61. The quantitative estimate of drug-likeness (QED) is 0.305. The minimum absolute atomic E-state index is 0.0209. The molecule has 1 aliphatic carbocycles. The highest BCUT2D eigenvalue weighted by Gasteiger charge is 2.61. The molecule has 2 aliphatic rings. The number of hydrogen-bond acceptors (Lipinski definition) is 7. The summed E-state index contributed by atoms with van der Waals surface area (Å²) in [5, 5.41) is 11.7. The Hall–Kier alpha value is -3.80. The molecule has 1 saturated heterocycles. The number of aldehydes is 1. The average Bonchev–Trinajstić information content (AvgIpc) is 3.40. The summed E-state index contributed by atoms with van der Waals surface area (Å²) in [6, 6.07) is 7.58. The lowest BCUT2D eigenvalue weighted by atomic mass is 9.92. The molecule has 1 aliphatic heterocycles. The maximum absolute atomic E-state index is 14.2. The summed E-state index contributed by atoms with van der Waals surface area (Å²) in [7, 11) is 7.74. The van der Waals surface area contributed by atoms with E-state index >= 15 is 0 Å². The molecule has 3 aromatic rings. The van der Waals surface area contributed by atoms with Crippen LogP contribution in [0.3, 0.4) is 0 Å². The molecule has 0 bridgehead atoms. The van der Waals surface area contributed by atoms with Crippen LogP contribution >= 0.6 is 0 Å². The van der Waals surface area contributed by atoms with Gasteiger partial charge in [-0.25, -0.2) is 13.8 Å². The van der Waals surface area contributed by atoms with Crippen molar-refractivity contribution in [2.24, 2.45) is 17.3 Å². The van der Waals surface area contributed by atoms with Gasteiger partial charge in [0, 0.05) is 37.8 Å². The van der Waals surface area contributed by atoms with Crippen molar-refractivity contribution in [1.29, 1.82) is 0 Å². The number of hydrogen-bond donors (Lipinski definition) is 2. The molecule has 5 rings (SSSR count). The number of likely N-dealkylation sites (tertiary alicyclic amines) is 1. The SMILES string of the molecule is C=O.CN(C)CCn1cncc1C=O.CN1CC2C(C1)C2(C)C.CNC(CC(=O)O)c1cc(-c2c(C)cccc2C)cc(F)c1F. The van der Waals surface area contributed by atoms with Gasteiger partial charge in [0.2, 0.25) is 0 Å². The summed E-state index contributed by atoms with van der Waals surface area (Å²) in [4.78, 5) is 37.8. The van der Waals surface area contributed by atoms with Gasteiger partial charge in [-0.15, -0.1) is 0 Å². The van der Waals surface area contributed by atoms with E-state index in [0.717, 1.165) is 54.0 Å². The van der Waals surface area contributed by atoms with E-state index in [-0.39, 0.29) is 12.0 Å². The van der Waals surface area contributed by atoms with Gasteiger partial charge in [-0.2, -0.15) is 0 Å². The number of aromatic nitrogens is 2. The van der Waals surface area contributed by atoms with Crippen LogP contribution in [0, 0.1) is 42.7 Å². The number of carboxylic acid groups (broad SMARTS) is 1. The first-order valence-electron chi connectivity index (χ1n) is 15.2. The van der Waals surface area contributed by atoms with Crippen molar-refractivity contribution in [3.63, 3.8) is 0 Å². The Morgan fingerprint density at radius 2 is 1.76 bits per heavy atom. The maximum Gasteiger partial charge on any atom is 0.305 e. The number of aliphatic carboxylic acids is 1. The Morgan fingerprint density at radius 1 is 1.17 bits per heavy atom. The molecule has 2 heterocycles. The highest BCUT2D eigenvalue weighted by atomic mass is 19.2. The first-order valence-corrected chi connectivity index (χ1v) is 15.2. The summed E-state index contributed by atoms with van der Waals surface area (Å²) in [6.45, 7) is 15.0. The number of aryl methyl sites for hydroxylation is 2. The normalized spacial score (nSPS) is 18.2. The van der Waals surface area contributed by atoms with Gasteiger partial charge >= 0.3 is 5.97 Å². The second-order valence-electron chi connectivity index (χ2n) is 12.8. The molecule has 2 fully saturated rings. The molecule has 0 amide bonds. The van der Waals surface area contributed by atoms with Gasteiger partial charge < -0.3 is 29.6 Å². The van der Waals surface area contributed by atoms with Gasteiger partial charge in [-0.3, -0.25) is 9.59 Å². The van der Waals surface area contributed by atoms with Crippen molar-refractivity contribution in [3.05, 3.63) is 76.9 Å². The Balaban J connectivity index is 0.000000265. The zero-order chi connectivity index (χ0) is 34.8. The summed E-state index contributed by atoms with van der Waals surface area (Å²) >= 11 is 0. The number of benzene rings is 2. The van der Waals surface area contributed by atoms with Gasteiger partial charge in [0.15, 0.2) is 17.9 Å². The molecule has 3 atom stereocenters. The Labute approximate surface area is 271 Å². The van der Waals surface area contributed by atoms with Crippen LogP contribution in [-0.4, -0.2) is 91.3 Å². The monoisotopic (exact) mass is 641 g/mol. The predicted molar refractivity (Wildman–Crippen MR) is 177 cm³/mol. The molecule has 1 aromatic heterocycles. The topological polar surface area (TPSA) is 108 Å². The highest BCUT2D eigenvalue weighted by molar-refractivity contribution is 5.73. The van der Waals surface area contributed by atoms with Crippen LogP contribution < -0.4 is 5.32 Å². The van der Waals surface area contributed by atoms with Crippen molar-refractivity contribution in [2.45, 2.75) is 46.7 Å². The standard InChI is InChI=1S/C18H19F2NO2.C8H13N3O.C8H15N.CH2O/c1-10-5-4-6-11(2)17(10)12-7-13(18(20)14(19)8-12)15(21-3)9-16(22)23;1-10(2)3-4-11-7-9-5-8(11)6-12;1-8(2)6-4-9(3)5-7(6)8;1-2/h4-8,15,21H,9H2,1-3H3,(H,22,23);5-7H,3-4H2,1-2H3;6-7H,4-5H2,1-3H3;1H2. The van der Waals surface area contributed by atoms with Crippen LogP contribution in [0.2, 0.25) is 0 Å². The van der Waals surface area contributed by atoms with Crippen molar-refractivity contribution >= 4 is 19.0 Å². The largest absolute Gasteiger partial charge is 0.481 e. The zero-order valence-corrected chi connectivity index (χ0v) is 28.3. The van der Waals surface area contributed by atoms with Crippen molar-refractivity contribution in [1.82, 2.24) is 24.7 Å². The first kappa shape index (κ1) is 38.4. The number of halogens is 2. The number of likely N-dealkylation sites (N-methyl/N-ethyl adjacent to an activating group) is 1. The van der Waals surface area contributed by atoms with E-state index in [0.29, 0.717) is 16.7 Å². The van der Waals surface area contributed by atoms with Crippen LogP contribution in [0.25, 0.3) is 11.1 Å². The van der Waals surface area contributed by atoms with Gasteiger partial charge in [-0.1, -0.05) is 32.0 Å². The van der Waals surface area contributed by atoms with E-state index in [9.17, 15) is 18.4 Å². The fourth-order valence-corrected chi connectivity index (χ4v) is 6.07. The minimum Gasteiger partial charge on any atom is -0.481 e. The molecule has 252 valence electrons. The second-order valence-corrected chi connectivity index (χ2v) is 12.8. The van der Waals surface area contributed by atoms with E-state index in [1.807, 2.05) is 57.5 Å². The van der Waals surface area contributed by atoms with Crippen LogP contribution in [0.15, 0.2) is 42.9 Å². The van der Waals surface area contributed by atoms with Gasteiger partial charge in [-0.05, 0) is 93.7 Å². The number of rotatable bonds is 9.